The number of amides is 1. The minimum atomic E-state index is -1.42. The second-order valence-corrected chi connectivity index (χ2v) is 9.81. The van der Waals surface area contributed by atoms with Crippen molar-refractivity contribution in [2.75, 3.05) is 5.32 Å². The van der Waals surface area contributed by atoms with E-state index in [0.29, 0.717) is 5.69 Å². The summed E-state index contributed by atoms with van der Waals surface area (Å²) in [5.74, 6) is 2.97. The highest BCUT2D eigenvalue weighted by Crippen LogP contribution is 2.06. The van der Waals surface area contributed by atoms with Gasteiger partial charge in [-0.15, -0.1) is 5.54 Å². The van der Waals surface area contributed by atoms with Crippen molar-refractivity contribution in [3.8, 4) is 11.5 Å². The first-order valence-electron chi connectivity index (χ1n) is 5.92. The maximum atomic E-state index is 11.6. The highest BCUT2D eigenvalue weighted by atomic mass is 28.3. The van der Waals surface area contributed by atoms with Crippen LogP contribution < -0.4 is 5.32 Å². The Morgan fingerprint density at radius 3 is 2.44 bits per heavy atom. The van der Waals surface area contributed by atoms with Crippen LogP contribution in [-0.2, 0) is 4.74 Å². The summed E-state index contributed by atoms with van der Waals surface area (Å²) in [6, 6.07) is 9.20. The third-order valence-electron chi connectivity index (χ3n) is 1.95. The van der Waals surface area contributed by atoms with Crippen molar-refractivity contribution in [2.24, 2.45) is 0 Å². The zero-order valence-electron chi connectivity index (χ0n) is 11.3. The quantitative estimate of drug-likeness (QED) is 0.653. The first kappa shape index (κ1) is 14.3. The van der Waals surface area contributed by atoms with E-state index in [9.17, 15) is 4.79 Å². The van der Waals surface area contributed by atoms with Crippen molar-refractivity contribution < 1.29 is 9.53 Å². The number of hydrogen-bond acceptors (Lipinski definition) is 2. The zero-order valence-corrected chi connectivity index (χ0v) is 12.3. The summed E-state index contributed by atoms with van der Waals surface area (Å²) in [7, 11) is -1.42. The van der Waals surface area contributed by atoms with Gasteiger partial charge in [0, 0.05) is 5.69 Å². The standard InChI is InChI=1S/C14H19NO2Si/c1-12(10-11-18(2,3)4)17-14(16)15-13-8-6-5-7-9-13/h5-9,12H,1-4H3,(H,15,16). The molecule has 1 N–H and O–H groups in total. The zero-order chi connectivity index (χ0) is 13.6. The summed E-state index contributed by atoms with van der Waals surface area (Å²) >= 11 is 0. The highest BCUT2D eigenvalue weighted by molar-refractivity contribution is 6.83. The van der Waals surface area contributed by atoms with Crippen LogP contribution in [0.3, 0.4) is 0 Å². The maximum absolute atomic E-state index is 11.6. The van der Waals surface area contributed by atoms with E-state index in [1.807, 2.05) is 18.2 Å². The fourth-order valence-electron chi connectivity index (χ4n) is 1.18. The van der Waals surface area contributed by atoms with Gasteiger partial charge in [0.15, 0.2) is 6.10 Å². The van der Waals surface area contributed by atoms with Gasteiger partial charge in [-0.1, -0.05) is 43.8 Å². The lowest BCUT2D eigenvalue weighted by Gasteiger charge is -2.10. The molecule has 3 nitrogen and oxygen atoms in total. The summed E-state index contributed by atoms with van der Waals surface area (Å²) in [5.41, 5.74) is 3.89. The lowest BCUT2D eigenvalue weighted by atomic mass is 10.3. The van der Waals surface area contributed by atoms with Gasteiger partial charge in [0.25, 0.3) is 0 Å². The largest absolute Gasteiger partial charge is 0.433 e. The van der Waals surface area contributed by atoms with E-state index in [2.05, 4.69) is 36.4 Å². The number of para-hydroxylation sites is 1. The molecule has 1 rings (SSSR count). The lowest BCUT2D eigenvalue weighted by Crippen LogP contribution is -2.21. The molecule has 1 aromatic rings. The Balaban J connectivity index is 2.47. The number of nitrogens with one attached hydrogen (secondary N) is 1. The Hall–Kier alpha value is -1.73. The Kier molecular flexibility index (Phi) is 4.99. The van der Waals surface area contributed by atoms with Crippen molar-refractivity contribution in [2.45, 2.75) is 32.7 Å². The predicted octanol–water partition coefficient (Wildman–Crippen LogP) is 3.50. The molecule has 96 valence electrons. The molecular formula is C14H19NO2Si. The maximum Gasteiger partial charge on any atom is 0.412 e. The van der Waals surface area contributed by atoms with Crippen LogP contribution in [0.2, 0.25) is 19.6 Å². The second-order valence-electron chi connectivity index (χ2n) is 5.06. The van der Waals surface area contributed by atoms with E-state index in [-0.39, 0.29) is 6.10 Å². The summed E-state index contributed by atoms with van der Waals surface area (Å²) in [4.78, 5) is 11.6. The summed E-state index contributed by atoms with van der Waals surface area (Å²) in [6.07, 6.45) is -0.862. The first-order chi connectivity index (χ1) is 8.37. The van der Waals surface area contributed by atoms with Crippen LogP contribution in [-0.4, -0.2) is 20.3 Å². The molecular weight excluding hydrogens is 242 g/mol. The molecule has 1 amide bonds. The third kappa shape index (κ3) is 6.11. The fourth-order valence-corrected chi connectivity index (χ4v) is 1.81. The smallest absolute Gasteiger partial charge is 0.412 e. The molecule has 4 heteroatoms. The van der Waals surface area contributed by atoms with Gasteiger partial charge in [-0.25, -0.2) is 4.79 Å². The van der Waals surface area contributed by atoms with Crippen LogP contribution in [0.4, 0.5) is 10.5 Å². The molecule has 0 spiro atoms. The van der Waals surface area contributed by atoms with Crippen molar-refractivity contribution in [3.63, 3.8) is 0 Å². The van der Waals surface area contributed by atoms with Crippen molar-refractivity contribution in [3.05, 3.63) is 30.3 Å². The number of carbonyl (C=O) groups excluding carboxylic acids is 1. The van der Waals surface area contributed by atoms with Crippen molar-refractivity contribution >= 4 is 19.9 Å². The van der Waals surface area contributed by atoms with Crippen LogP contribution in [0.15, 0.2) is 30.3 Å². The van der Waals surface area contributed by atoms with Crippen LogP contribution >= 0.6 is 0 Å². The minimum Gasteiger partial charge on any atom is -0.433 e. The number of rotatable bonds is 2. The van der Waals surface area contributed by atoms with Crippen LogP contribution in [0, 0.1) is 11.5 Å². The molecule has 0 heterocycles. The van der Waals surface area contributed by atoms with Gasteiger partial charge >= 0.3 is 6.09 Å². The Morgan fingerprint density at radius 1 is 1.28 bits per heavy atom. The van der Waals surface area contributed by atoms with Crippen LogP contribution in [0.5, 0.6) is 0 Å². The first-order valence-corrected chi connectivity index (χ1v) is 9.42. The molecule has 0 bridgehead atoms. The topological polar surface area (TPSA) is 38.3 Å². The third-order valence-corrected chi connectivity index (χ3v) is 2.85. The van der Waals surface area contributed by atoms with Crippen molar-refractivity contribution in [1.82, 2.24) is 0 Å². The van der Waals surface area contributed by atoms with Gasteiger partial charge in [-0.2, -0.15) is 0 Å². The highest BCUT2D eigenvalue weighted by Gasteiger charge is 2.10. The van der Waals surface area contributed by atoms with E-state index in [4.69, 9.17) is 4.74 Å². The Labute approximate surface area is 110 Å². The second kappa shape index (κ2) is 6.27. The minimum absolute atomic E-state index is 0.388. The van der Waals surface area contributed by atoms with E-state index in [1.165, 1.54) is 0 Å². The lowest BCUT2D eigenvalue weighted by molar-refractivity contribution is 0.145. The molecule has 0 aliphatic carbocycles. The number of hydrogen-bond donors (Lipinski definition) is 1. The number of carbonyl (C=O) groups is 1. The molecule has 1 aromatic carbocycles. The molecule has 18 heavy (non-hydrogen) atoms. The predicted molar refractivity (Wildman–Crippen MR) is 77.1 cm³/mol. The molecule has 0 saturated heterocycles. The van der Waals surface area contributed by atoms with Crippen LogP contribution in [0.25, 0.3) is 0 Å². The number of ether oxygens (including phenoxy) is 1. The summed E-state index contributed by atoms with van der Waals surface area (Å²) < 4.78 is 5.15. The number of anilines is 1. The molecule has 0 radical (unpaired) electrons. The average Bonchev–Trinajstić information content (AvgIpc) is 2.26. The molecule has 1 atom stereocenters. The summed E-state index contributed by atoms with van der Waals surface area (Å²) in [6.45, 7) is 8.22. The molecule has 0 aliphatic heterocycles. The SMILES string of the molecule is CC(C#C[Si](C)(C)C)OC(=O)Nc1ccccc1. The molecule has 1 unspecified atom stereocenters. The molecule has 0 aromatic heterocycles. The van der Waals surface area contributed by atoms with Gasteiger partial charge in [-0.3, -0.25) is 5.32 Å². The van der Waals surface area contributed by atoms with Gasteiger partial charge in [0.1, 0.15) is 8.07 Å². The normalized spacial score (nSPS) is 12.0. The number of benzene rings is 1. The Morgan fingerprint density at radius 2 is 1.89 bits per heavy atom. The molecule has 0 fully saturated rings. The van der Waals surface area contributed by atoms with Crippen LogP contribution in [0.1, 0.15) is 6.92 Å². The van der Waals surface area contributed by atoms with Gasteiger partial charge in [-0.05, 0) is 19.1 Å². The molecule has 0 saturated carbocycles. The fraction of sp³-hybridized carbons (Fsp3) is 0.357. The van der Waals surface area contributed by atoms with E-state index in [1.54, 1.807) is 19.1 Å². The van der Waals surface area contributed by atoms with E-state index >= 15 is 0 Å². The van der Waals surface area contributed by atoms with Gasteiger partial charge in [0.2, 0.25) is 0 Å². The van der Waals surface area contributed by atoms with Crippen molar-refractivity contribution in [1.29, 1.82) is 0 Å². The average molecular weight is 261 g/mol. The Bertz CT molecular complexity index is 454. The molecule has 0 aliphatic rings. The van der Waals surface area contributed by atoms with Gasteiger partial charge in [0.05, 0.1) is 0 Å². The monoisotopic (exact) mass is 261 g/mol. The van der Waals surface area contributed by atoms with Gasteiger partial charge < -0.3 is 4.74 Å². The van der Waals surface area contributed by atoms with E-state index < -0.39 is 14.2 Å². The van der Waals surface area contributed by atoms with E-state index in [0.717, 1.165) is 0 Å². The summed E-state index contributed by atoms with van der Waals surface area (Å²) in [5, 5.41) is 2.65.